The van der Waals surface area contributed by atoms with Gasteiger partial charge in [0, 0.05) is 17.0 Å². The SMILES string of the molecule is CC(NC1CCCc2sccc21)C1(C)CC1. The third-order valence-corrected chi connectivity index (χ3v) is 5.58. The predicted octanol–water partition coefficient (Wildman–Crippen LogP) is 3.90. The van der Waals surface area contributed by atoms with Crippen LogP contribution in [0.25, 0.3) is 0 Å². The van der Waals surface area contributed by atoms with E-state index in [1.165, 1.54) is 32.1 Å². The minimum Gasteiger partial charge on any atom is -0.307 e. The molecule has 0 spiro atoms. The molecule has 1 heterocycles. The zero-order chi connectivity index (χ0) is 11.2. The van der Waals surface area contributed by atoms with Gasteiger partial charge in [-0.25, -0.2) is 0 Å². The lowest BCUT2D eigenvalue weighted by atomic mass is 9.91. The van der Waals surface area contributed by atoms with Crippen molar-refractivity contribution in [2.24, 2.45) is 5.41 Å². The molecular formula is C14H21NS. The summed E-state index contributed by atoms with van der Waals surface area (Å²) in [6, 6.07) is 3.63. The summed E-state index contributed by atoms with van der Waals surface area (Å²) in [5.74, 6) is 0. The average Bonchev–Trinajstić information content (AvgIpc) is 2.85. The fourth-order valence-electron chi connectivity index (χ4n) is 2.79. The van der Waals surface area contributed by atoms with E-state index in [4.69, 9.17) is 0 Å². The van der Waals surface area contributed by atoms with Crippen LogP contribution in [-0.4, -0.2) is 6.04 Å². The Morgan fingerprint density at radius 3 is 3.06 bits per heavy atom. The molecule has 88 valence electrons. The van der Waals surface area contributed by atoms with Crippen LogP contribution >= 0.6 is 11.3 Å². The molecule has 2 aliphatic rings. The molecule has 0 radical (unpaired) electrons. The van der Waals surface area contributed by atoms with Crippen molar-refractivity contribution in [3.8, 4) is 0 Å². The number of hydrogen-bond donors (Lipinski definition) is 1. The third-order valence-electron chi connectivity index (χ3n) is 4.59. The second-order valence-electron chi connectivity index (χ2n) is 5.79. The van der Waals surface area contributed by atoms with Crippen LogP contribution in [0.5, 0.6) is 0 Å². The van der Waals surface area contributed by atoms with Crippen LogP contribution < -0.4 is 5.32 Å². The summed E-state index contributed by atoms with van der Waals surface area (Å²) in [5, 5.41) is 6.13. The van der Waals surface area contributed by atoms with E-state index in [9.17, 15) is 0 Å². The van der Waals surface area contributed by atoms with Gasteiger partial charge in [-0.3, -0.25) is 0 Å². The maximum Gasteiger partial charge on any atom is 0.0333 e. The molecule has 0 aliphatic heterocycles. The van der Waals surface area contributed by atoms with Crippen molar-refractivity contribution in [1.82, 2.24) is 5.32 Å². The van der Waals surface area contributed by atoms with Gasteiger partial charge in [0.1, 0.15) is 0 Å². The molecule has 2 heteroatoms. The van der Waals surface area contributed by atoms with E-state index in [1.54, 1.807) is 10.4 Å². The van der Waals surface area contributed by atoms with Crippen LogP contribution in [0.1, 0.15) is 56.0 Å². The van der Waals surface area contributed by atoms with Gasteiger partial charge in [0.25, 0.3) is 0 Å². The molecule has 0 saturated heterocycles. The van der Waals surface area contributed by atoms with Gasteiger partial charge in [0.05, 0.1) is 0 Å². The minimum atomic E-state index is 0.591. The van der Waals surface area contributed by atoms with Gasteiger partial charge < -0.3 is 5.32 Å². The summed E-state index contributed by atoms with van der Waals surface area (Å²) in [6.07, 6.45) is 6.80. The van der Waals surface area contributed by atoms with E-state index < -0.39 is 0 Å². The Morgan fingerprint density at radius 1 is 1.50 bits per heavy atom. The smallest absolute Gasteiger partial charge is 0.0333 e. The van der Waals surface area contributed by atoms with Crippen LogP contribution in [0.2, 0.25) is 0 Å². The second kappa shape index (κ2) is 3.85. The van der Waals surface area contributed by atoms with E-state index in [2.05, 4.69) is 30.6 Å². The second-order valence-corrected chi connectivity index (χ2v) is 6.79. The fraction of sp³-hybridized carbons (Fsp3) is 0.714. The van der Waals surface area contributed by atoms with Gasteiger partial charge in [0.2, 0.25) is 0 Å². The van der Waals surface area contributed by atoms with Gasteiger partial charge in [-0.1, -0.05) is 6.92 Å². The number of aryl methyl sites for hydroxylation is 1. The molecular weight excluding hydrogens is 214 g/mol. The Balaban J connectivity index is 1.73. The van der Waals surface area contributed by atoms with Gasteiger partial charge in [-0.15, -0.1) is 11.3 Å². The van der Waals surface area contributed by atoms with Gasteiger partial charge in [-0.2, -0.15) is 0 Å². The predicted molar refractivity (Wildman–Crippen MR) is 69.9 cm³/mol. The Bertz CT molecular complexity index is 378. The fourth-order valence-corrected chi connectivity index (χ4v) is 3.78. The van der Waals surface area contributed by atoms with Crippen molar-refractivity contribution in [2.75, 3.05) is 0 Å². The molecule has 1 saturated carbocycles. The summed E-state index contributed by atoms with van der Waals surface area (Å²) >= 11 is 1.94. The lowest BCUT2D eigenvalue weighted by Crippen LogP contribution is -2.37. The zero-order valence-electron chi connectivity index (χ0n) is 10.3. The van der Waals surface area contributed by atoms with Crippen LogP contribution in [0.15, 0.2) is 11.4 Å². The Labute approximate surface area is 102 Å². The molecule has 2 atom stereocenters. The molecule has 2 aliphatic carbocycles. The number of fused-ring (bicyclic) bond motifs is 1. The first kappa shape index (κ1) is 10.8. The van der Waals surface area contributed by atoms with E-state index >= 15 is 0 Å². The van der Waals surface area contributed by atoms with E-state index in [0.29, 0.717) is 17.5 Å². The zero-order valence-corrected chi connectivity index (χ0v) is 11.1. The first-order chi connectivity index (χ1) is 7.69. The summed E-state index contributed by atoms with van der Waals surface area (Å²) in [6.45, 7) is 4.79. The molecule has 0 amide bonds. The number of nitrogens with one attached hydrogen (secondary N) is 1. The van der Waals surface area contributed by atoms with Crippen molar-refractivity contribution >= 4 is 11.3 Å². The summed E-state index contributed by atoms with van der Waals surface area (Å²) in [7, 11) is 0. The van der Waals surface area contributed by atoms with Crippen molar-refractivity contribution in [1.29, 1.82) is 0 Å². The highest BCUT2D eigenvalue weighted by atomic mass is 32.1. The van der Waals surface area contributed by atoms with Crippen LogP contribution in [0, 0.1) is 5.41 Å². The highest BCUT2D eigenvalue weighted by molar-refractivity contribution is 7.10. The number of thiophene rings is 1. The monoisotopic (exact) mass is 235 g/mol. The highest BCUT2D eigenvalue weighted by Gasteiger charge is 2.43. The lowest BCUT2D eigenvalue weighted by Gasteiger charge is -2.30. The maximum absolute atomic E-state index is 3.87. The van der Waals surface area contributed by atoms with Crippen molar-refractivity contribution < 1.29 is 0 Å². The van der Waals surface area contributed by atoms with Gasteiger partial charge in [0.15, 0.2) is 0 Å². The van der Waals surface area contributed by atoms with Crippen LogP contribution in [0.3, 0.4) is 0 Å². The summed E-state index contributed by atoms with van der Waals surface area (Å²) in [5.41, 5.74) is 2.18. The average molecular weight is 235 g/mol. The first-order valence-electron chi connectivity index (χ1n) is 6.51. The van der Waals surface area contributed by atoms with E-state index in [1.807, 2.05) is 11.3 Å². The number of rotatable bonds is 3. The topological polar surface area (TPSA) is 12.0 Å². The van der Waals surface area contributed by atoms with Crippen molar-refractivity contribution in [2.45, 2.75) is 58.0 Å². The van der Waals surface area contributed by atoms with Gasteiger partial charge >= 0.3 is 0 Å². The largest absolute Gasteiger partial charge is 0.307 e. The normalized spacial score (nSPS) is 28.5. The molecule has 1 fully saturated rings. The Hall–Kier alpha value is -0.340. The molecule has 1 aromatic heterocycles. The lowest BCUT2D eigenvalue weighted by molar-refractivity contribution is 0.322. The molecule has 1 nitrogen and oxygen atoms in total. The highest BCUT2D eigenvalue weighted by Crippen LogP contribution is 2.49. The standard InChI is InChI=1S/C14H21NS/c1-10(14(2)7-8-14)15-12-4-3-5-13-11(12)6-9-16-13/h6,9-10,12,15H,3-5,7-8H2,1-2H3. The maximum atomic E-state index is 3.87. The van der Waals surface area contributed by atoms with Gasteiger partial charge in [-0.05, 0) is 61.5 Å². The first-order valence-corrected chi connectivity index (χ1v) is 7.39. The summed E-state index contributed by atoms with van der Waals surface area (Å²) in [4.78, 5) is 1.62. The molecule has 1 aromatic rings. The molecule has 16 heavy (non-hydrogen) atoms. The Kier molecular flexibility index (Phi) is 2.60. The molecule has 3 rings (SSSR count). The molecule has 2 unspecified atom stereocenters. The van der Waals surface area contributed by atoms with Crippen LogP contribution in [-0.2, 0) is 6.42 Å². The summed E-state index contributed by atoms with van der Waals surface area (Å²) < 4.78 is 0. The Morgan fingerprint density at radius 2 is 2.31 bits per heavy atom. The van der Waals surface area contributed by atoms with Crippen LogP contribution in [0.4, 0.5) is 0 Å². The minimum absolute atomic E-state index is 0.591. The molecule has 1 N–H and O–H groups in total. The van der Waals surface area contributed by atoms with E-state index in [-0.39, 0.29) is 0 Å². The van der Waals surface area contributed by atoms with Crippen molar-refractivity contribution in [3.05, 3.63) is 21.9 Å². The number of hydrogen-bond acceptors (Lipinski definition) is 2. The molecule has 0 bridgehead atoms. The van der Waals surface area contributed by atoms with Crippen molar-refractivity contribution in [3.63, 3.8) is 0 Å². The third kappa shape index (κ3) is 1.82. The quantitative estimate of drug-likeness (QED) is 0.837. The van der Waals surface area contributed by atoms with E-state index in [0.717, 1.165) is 0 Å². The molecule has 0 aromatic carbocycles.